The topological polar surface area (TPSA) is 46.5 Å². The zero-order chi connectivity index (χ0) is 14.5. The molecule has 0 bridgehead atoms. The van der Waals surface area contributed by atoms with Gasteiger partial charge >= 0.3 is 5.97 Å². The number of carboxylic acids is 1. The van der Waals surface area contributed by atoms with Crippen molar-refractivity contribution in [1.29, 1.82) is 0 Å². The summed E-state index contributed by atoms with van der Waals surface area (Å²) >= 11 is 11.8. The molecule has 20 heavy (non-hydrogen) atoms. The first-order chi connectivity index (χ1) is 9.54. The lowest BCUT2D eigenvalue weighted by molar-refractivity contribution is -0.145. The highest BCUT2D eigenvalue weighted by molar-refractivity contribution is 6.34. The predicted octanol–water partition coefficient (Wildman–Crippen LogP) is 4.07. The normalized spacial score (nSPS) is 11.9. The van der Waals surface area contributed by atoms with E-state index in [-0.39, 0.29) is 6.42 Å². The van der Waals surface area contributed by atoms with Crippen LogP contribution in [-0.4, -0.2) is 17.2 Å². The second kappa shape index (κ2) is 6.64. The monoisotopic (exact) mass is 310 g/mol. The number of carbonyl (C=O) groups is 1. The summed E-state index contributed by atoms with van der Waals surface area (Å²) in [6, 6.07) is 13.8. The van der Waals surface area contributed by atoms with Crippen LogP contribution in [0.25, 0.3) is 0 Å². The molecule has 0 unspecified atom stereocenters. The molecule has 0 fully saturated rings. The predicted molar refractivity (Wildman–Crippen MR) is 78.7 cm³/mol. The van der Waals surface area contributed by atoms with Gasteiger partial charge in [-0.1, -0.05) is 41.4 Å². The van der Waals surface area contributed by atoms with E-state index in [1.54, 1.807) is 42.5 Å². The summed E-state index contributed by atoms with van der Waals surface area (Å²) in [6.45, 7) is 0. The molecule has 2 aromatic rings. The maximum Gasteiger partial charge on any atom is 0.345 e. The number of benzene rings is 2. The molecule has 0 aromatic heterocycles. The molecular weight excluding hydrogens is 299 g/mol. The lowest BCUT2D eigenvalue weighted by atomic mass is 10.1. The maximum absolute atomic E-state index is 11.3. The molecule has 3 nitrogen and oxygen atoms in total. The van der Waals surface area contributed by atoms with Crippen molar-refractivity contribution in [3.05, 3.63) is 64.1 Å². The zero-order valence-corrected chi connectivity index (χ0v) is 11.9. The van der Waals surface area contributed by atoms with Crippen LogP contribution < -0.4 is 4.74 Å². The Labute approximate surface area is 126 Å². The first-order valence-electron chi connectivity index (χ1n) is 5.94. The summed E-state index contributed by atoms with van der Waals surface area (Å²) in [4.78, 5) is 11.3. The van der Waals surface area contributed by atoms with Gasteiger partial charge in [-0.15, -0.1) is 0 Å². The highest BCUT2D eigenvalue weighted by Crippen LogP contribution is 2.21. The van der Waals surface area contributed by atoms with E-state index < -0.39 is 12.1 Å². The largest absolute Gasteiger partial charge is 0.478 e. The summed E-state index contributed by atoms with van der Waals surface area (Å²) in [5.41, 5.74) is 0.714. The van der Waals surface area contributed by atoms with E-state index in [2.05, 4.69) is 0 Å². The molecule has 0 spiro atoms. The highest BCUT2D eigenvalue weighted by atomic mass is 35.5. The summed E-state index contributed by atoms with van der Waals surface area (Å²) < 4.78 is 5.47. The van der Waals surface area contributed by atoms with Gasteiger partial charge in [0.25, 0.3) is 0 Å². The molecular formula is C15H12Cl2O3. The third-order valence-electron chi connectivity index (χ3n) is 2.64. The second-order valence-electron chi connectivity index (χ2n) is 4.24. The number of carboxylic acid groups (broad SMARTS) is 1. The van der Waals surface area contributed by atoms with Gasteiger partial charge in [-0.2, -0.15) is 0 Å². The summed E-state index contributed by atoms with van der Waals surface area (Å²) in [7, 11) is 0. The average molecular weight is 311 g/mol. The van der Waals surface area contributed by atoms with Crippen molar-refractivity contribution in [3.63, 3.8) is 0 Å². The van der Waals surface area contributed by atoms with Gasteiger partial charge in [0, 0.05) is 16.5 Å². The molecule has 0 radical (unpaired) electrons. The van der Waals surface area contributed by atoms with Crippen molar-refractivity contribution in [3.8, 4) is 5.75 Å². The van der Waals surface area contributed by atoms with Gasteiger partial charge in [0.05, 0.1) is 0 Å². The fraction of sp³-hybridized carbons (Fsp3) is 0.133. The van der Waals surface area contributed by atoms with Crippen molar-refractivity contribution >= 4 is 29.2 Å². The van der Waals surface area contributed by atoms with E-state index in [0.29, 0.717) is 21.4 Å². The zero-order valence-electron chi connectivity index (χ0n) is 10.4. The average Bonchev–Trinajstić information content (AvgIpc) is 2.38. The SMILES string of the molecule is O=C(O)[C@@H](Cc1cc(Cl)cc(Cl)c1)Oc1ccccc1. The van der Waals surface area contributed by atoms with Crippen LogP contribution in [0.4, 0.5) is 0 Å². The third-order valence-corrected chi connectivity index (χ3v) is 3.08. The summed E-state index contributed by atoms with van der Waals surface area (Å²) in [5, 5.41) is 10.2. The van der Waals surface area contributed by atoms with Crippen LogP contribution >= 0.6 is 23.2 Å². The standard InChI is InChI=1S/C15H12Cl2O3/c16-11-6-10(7-12(17)9-11)8-14(15(18)19)20-13-4-2-1-3-5-13/h1-7,9,14H,8H2,(H,18,19)/t14-/m1/s1. The van der Waals surface area contributed by atoms with E-state index in [0.717, 1.165) is 0 Å². The van der Waals surface area contributed by atoms with Crippen molar-refractivity contribution in [1.82, 2.24) is 0 Å². The number of ether oxygens (including phenoxy) is 1. The lowest BCUT2D eigenvalue weighted by Gasteiger charge is -2.15. The fourth-order valence-electron chi connectivity index (χ4n) is 1.79. The molecule has 0 amide bonds. The molecule has 0 aliphatic carbocycles. The molecule has 2 aromatic carbocycles. The summed E-state index contributed by atoms with van der Waals surface area (Å²) in [5.74, 6) is -0.530. The number of rotatable bonds is 5. The first kappa shape index (κ1) is 14.7. The molecule has 0 heterocycles. The Kier molecular flexibility index (Phi) is 4.88. The Balaban J connectivity index is 2.15. The number of hydrogen-bond acceptors (Lipinski definition) is 2. The maximum atomic E-state index is 11.3. The Morgan fingerprint density at radius 2 is 1.70 bits per heavy atom. The van der Waals surface area contributed by atoms with Crippen molar-refractivity contribution < 1.29 is 14.6 Å². The molecule has 1 N–H and O–H groups in total. The van der Waals surface area contributed by atoms with Crippen LogP contribution in [0.5, 0.6) is 5.75 Å². The lowest BCUT2D eigenvalue weighted by Crippen LogP contribution is -2.29. The van der Waals surface area contributed by atoms with Crippen molar-refractivity contribution in [2.75, 3.05) is 0 Å². The van der Waals surface area contributed by atoms with Crippen molar-refractivity contribution in [2.24, 2.45) is 0 Å². The molecule has 0 aliphatic heterocycles. The second-order valence-corrected chi connectivity index (χ2v) is 5.11. The minimum atomic E-state index is -1.04. The summed E-state index contributed by atoms with van der Waals surface area (Å²) in [6.07, 6.45) is -0.809. The first-order valence-corrected chi connectivity index (χ1v) is 6.69. The molecule has 5 heteroatoms. The molecule has 0 saturated carbocycles. The number of halogens is 2. The number of para-hydroxylation sites is 1. The van der Waals surface area contributed by atoms with Gasteiger partial charge < -0.3 is 9.84 Å². The van der Waals surface area contributed by atoms with Crippen molar-refractivity contribution in [2.45, 2.75) is 12.5 Å². The van der Waals surface area contributed by atoms with Gasteiger partial charge in [-0.3, -0.25) is 0 Å². The van der Waals surface area contributed by atoms with E-state index in [4.69, 9.17) is 27.9 Å². The van der Waals surface area contributed by atoms with Gasteiger partial charge in [0.1, 0.15) is 5.75 Å². The van der Waals surface area contributed by atoms with Gasteiger partial charge in [0.2, 0.25) is 0 Å². The molecule has 2 rings (SSSR count). The van der Waals surface area contributed by atoms with Crippen LogP contribution in [0.1, 0.15) is 5.56 Å². The van der Waals surface area contributed by atoms with E-state index >= 15 is 0 Å². The van der Waals surface area contributed by atoms with E-state index in [9.17, 15) is 9.90 Å². The van der Waals surface area contributed by atoms with E-state index in [1.165, 1.54) is 0 Å². The van der Waals surface area contributed by atoms with Gasteiger partial charge in [0.15, 0.2) is 6.10 Å². The van der Waals surface area contributed by atoms with Crippen LogP contribution in [0.2, 0.25) is 10.0 Å². The molecule has 1 atom stereocenters. The number of aliphatic carboxylic acids is 1. The van der Waals surface area contributed by atoms with Crippen LogP contribution in [0.3, 0.4) is 0 Å². The third kappa shape index (κ3) is 4.15. The molecule has 0 saturated heterocycles. The smallest absolute Gasteiger partial charge is 0.345 e. The fourth-order valence-corrected chi connectivity index (χ4v) is 2.36. The number of hydrogen-bond donors (Lipinski definition) is 1. The van der Waals surface area contributed by atoms with Gasteiger partial charge in [-0.25, -0.2) is 4.79 Å². The highest BCUT2D eigenvalue weighted by Gasteiger charge is 2.20. The quantitative estimate of drug-likeness (QED) is 0.905. The van der Waals surface area contributed by atoms with Gasteiger partial charge in [-0.05, 0) is 35.9 Å². The molecule has 0 aliphatic rings. The van der Waals surface area contributed by atoms with Crippen LogP contribution in [-0.2, 0) is 11.2 Å². The van der Waals surface area contributed by atoms with Crippen LogP contribution in [0.15, 0.2) is 48.5 Å². The minimum Gasteiger partial charge on any atom is -0.478 e. The minimum absolute atomic E-state index is 0.185. The van der Waals surface area contributed by atoms with E-state index in [1.807, 2.05) is 6.07 Å². The van der Waals surface area contributed by atoms with Crippen LogP contribution in [0, 0.1) is 0 Å². The Morgan fingerprint density at radius 1 is 1.10 bits per heavy atom. The Bertz CT molecular complexity index is 579. The Hall–Kier alpha value is -1.71. The Morgan fingerprint density at radius 3 is 2.25 bits per heavy atom. The molecule has 104 valence electrons.